The maximum absolute atomic E-state index is 10.5. The predicted molar refractivity (Wildman–Crippen MR) is 71.5 cm³/mol. The Balaban J connectivity index is 2.19. The van der Waals surface area contributed by atoms with Crippen LogP contribution >= 0.6 is 15.9 Å². The molecule has 4 heteroatoms. The third-order valence-electron chi connectivity index (χ3n) is 3.21. The lowest BCUT2D eigenvalue weighted by Crippen LogP contribution is -2.47. The van der Waals surface area contributed by atoms with Crippen LogP contribution in [0.3, 0.4) is 0 Å². The summed E-state index contributed by atoms with van der Waals surface area (Å²) >= 11 is 3.46. The zero-order valence-corrected chi connectivity index (χ0v) is 11.6. The highest BCUT2D eigenvalue weighted by Crippen LogP contribution is 2.29. The molecular formula is C13H18BrNO2. The lowest BCUT2D eigenvalue weighted by molar-refractivity contribution is 0.0165. The van der Waals surface area contributed by atoms with E-state index in [0.29, 0.717) is 13.0 Å². The number of hydrogen-bond donors (Lipinski definition) is 2. The van der Waals surface area contributed by atoms with Gasteiger partial charge in [0.1, 0.15) is 5.75 Å². The van der Waals surface area contributed by atoms with Gasteiger partial charge in [-0.2, -0.15) is 0 Å². The molecule has 1 unspecified atom stereocenters. The van der Waals surface area contributed by atoms with Gasteiger partial charge in [0.25, 0.3) is 0 Å². The van der Waals surface area contributed by atoms with E-state index in [-0.39, 0.29) is 0 Å². The smallest absolute Gasteiger partial charge is 0.122 e. The maximum atomic E-state index is 10.5. The highest BCUT2D eigenvalue weighted by Gasteiger charge is 2.30. The summed E-state index contributed by atoms with van der Waals surface area (Å²) in [5, 5.41) is 13.7. The summed E-state index contributed by atoms with van der Waals surface area (Å²) in [5.74, 6) is 0.840. The van der Waals surface area contributed by atoms with Crippen molar-refractivity contribution in [3.63, 3.8) is 0 Å². The molecule has 0 saturated carbocycles. The van der Waals surface area contributed by atoms with Crippen LogP contribution in [0, 0.1) is 0 Å². The number of rotatable bonds is 3. The number of benzene rings is 1. The second-order valence-electron chi connectivity index (χ2n) is 4.64. The summed E-state index contributed by atoms with van der Waals surface area (Å²) in [5.41, 5.74) is 0.403. The van der Waals surface area contributed by atoms with Gasteiger partial charge in [-0.05, 0) is 43.1 Å². The Bertz CT molecular complexity index is 389. The molecule has 17 heavy (non-hydrogen) atoms. The third kappa shape index (κ3) is 3.21. The molecule has 0 aromatic heterocycles. The Morgan fingerprint density at radius 2 is 2.35 bits per heavy atom. The zero-order valence-electron chi connectivity index (χ0n) is 10.0. The van der Waals surface area contributed by atoms with Gasteiger partial charge in [0, 0.05) is 17.4 Å². The van der Waals surface area contributed by atoms with Crippen LogP contribution < -0.4 is 10.1 Å². The molecule has 2 rings (SSSR count). The molecule has 1 heterocycles. The summed E-state index contributed by atoms with van der Waals surface area (Å²) in [7, 11) is 1.66. The van der Waals surface area contributed by atoms with Crippen molar-refractivity contribution >= 4 is 15.9 Å². The van der Waals surface area contributed by atoms with E-state index in [1.165, 1.54) is 0 Å². The summed E-state index contributed by atoms with van der Waals surface area (Å²) in [6.45, 7) is 1.65. The van der Waals surface area contributed by atoms with E-state index in [0.717, 1.165) is 35.2 Å². The van der Waals surface area contributed by atoms with E-state index in [4.69, 9.17) is 4.74 Å². The first-order chi connectivity index (χ1) is 8.13. The molecule has 0 amide bonds. The standard InChI is InChI=1S/C13H18BrNO2/c1-17-12-4-3-11(14)7-10(12)8-13(16)5-2-6-15-9-13/h3-4,7,15-16H,2,5-6,8-9H2,1H3. The van der Waals surface area contributed by atoms with E-state index in [1.54, 1.807) is 7.11 Å². The van der Waals surface area contributed by atoms with Crippen LogP contribution in [0.1, 0.15) is 18.4 Å². The zero-order chi connectivity index (χ0) is 12.3. The first kappa shape index (κ1) is 12.9. The van der Waals surface area contributed by atoms with Crippen LogP contribution in [-0.4, -0.2) is 30.9 Å². The molecule has 0 spiro atoms. The van der Waals surface area contributed by atoms with Gasteiger partial charge in [-0.25, -0.2) is 0 Å². The largest absolute Gasteiger partial charge is 0.496 e. The Hall–Kier alpha value is -0.580. The lowest BCUT2D eigenvalue weighted by atomic mass is 9.87. The molecule has 1 aliphatic heterocycles. The fourth-order valence-corrected chi connectivity index (χ4v) is 2.75. The minimum atomic E-state index is -0.647. The molecule has 1 aromatic rings. The molecule has 2 N–H and O–H groups in total. The predicted octanol–water partition coefficient (Wildman–Crippen LogP) is 2.11. The molecule has 1 atom stereocenters. The first-order valence-corrected chi connectivity index (χ1v) is 6.68. The van der Waals surface area contributed by atoms with Crippen molar-refractivity contribution in [3.8, 4) is 5.75 Å². The number of nitrogens with one attached hydrogen (secondary N) is 1. The van der Waals surface area contributed by atoms with Crippen molar-refractivity contribution in [1.82, 2.24) is 5.32 Å². The molecular weight excluding hydrogens is 282 g/mol. The van der Waals surface area contributed by atoms with Crippen molar-refractivity contribution in [3.05, 3.63) is 28.2 Å². The van der Waals surface area contributed by atoms with Crippen molar-refractivity contribution in [2.75, 3.05) is 20.2 Å². The Kier molecular flexibility index (Phi) is 4.07. The summed E-state index contributed by atoms with van der Waals surface area (Å²) in [4.78, 5) is 0. The SMILES string of the molecule is COc1ccc(Br)cc1CC1(O)CCCNC1. The number of halogens is 1. The topological polar surface area (TPSA) is 41.5 Å². The average Bonchev–Trinajstić information content (AvgIpc) is 2.29. The molecule has 1 aliphatic rings. The van der Waals surface area contributed by atoms with Crippen molar-refractivity contribution in [1.29, 1.82) is 0 Å². The minimum Gasteiger partial charge on any atom is -0.496 e. The van der Waals surface area contributed by atoms with Crippen LogP contribution in [0.15, 0.2) is 22.7 Å². The number of aliphatic hydroxyl groups is 1. The Morgan fingerprint density at radius 1 is 1.53 bits per heavy atom. The van der Waals surface area contributed by atoms with Gasteiger partial charge < -0.3 is 15.2 Å². The fraction of sp³-hybridized carbons (Fsp3) is 0.538. The molecule has 0 aliphatic carbocycles. The van der Waals surface area contributed by atoms with Gasteiger partial charge >= 0.3 is 0 Å². The molecule has 0 radical (unpaired) electrons. The first-order valence-electron chi connectivity index (χ1n) is 5.88. The van der Waals surface area contributed by atoms with Crippen LogP contribution in [0.4, 0.5) is 0 Å². The van der Waals surface area contributed by atoms with Crippen LogP contribution in [0.2, 0.25) is 0 Å². The molecule has 0 bridgehead atoms. The lowest BCUT2D eigenvalue weighted by Gasteiger charge is -2.33. The molecule has 1 fully saturated rings. The highest BCUT2D eigenvalue weighted by atomic mass is 79.9. The van der Waals surface area contributed by atoms with Crippen LogP contribution in [0.5, 0.6) is 5.75 Å². The molecule has 94 valence electrons. The maximum Gasteiger partial charge on any atom is 0.122 e. The van der Waals surface area contributed by atoms with Gasteiger partial charge in [-0.3, -0.25) is 0 Å². The summed E-state index contributed by atoms with van der Waals surface area (Å²) in [6, 6.07) is 5.90. The van der Waals surface area contributed by atoms with Gasteiger partial charge in [0.15, 0.2) is 0 Å². The van der Waals surface area contributed by atoms with E-state index in [2.05, 4.69) is 21.2 Å². The highest BCUT2D eigenvalue weighted by molar-refractivity contribution is 9.10. The second-order valence-corrected chi connectivity index (χ2v) is 5.55. The minimum absolute atomic E-state index is 0.628. The Morgan fingerprint density at radius 3 is 3.00 bits per heavy atom. The van der Waals surface area contributed by atoms with E-state index in [9.17, 15) is 5.11 Å². The van der Waals surface area contributed by atoms with Gasteiger partial charge in [0.05, 0.1) is 12.7 Å². The molecule has 1 aromatic carbocycles. The Labute approximate surface area is 110 Å². The number of β-amino-alcohol motifs (C(OH)–C–C–N with tert-alkyl or cyclic N) is 1. The number of ether oxygens (including phenoxy) is 1. The normalized spacial score (nSPS) is 24.6. The number of methoxy groups -OCH3 is 1. The van der Waals surface area contributed by atoms with Gasteiger partial charge in [0.2, 0.25) is 0 Å². The second kappa shape index (κ2) is 5.38. The number of hydrogen-bond acceptors (Lipinski definition) is 3. The van der Waals surface area contributed by atoms with Gasteiger partial charge in [-0.15, -0.1) is 0 Å². The summed E-state index contributed by atoms with van der Waals surface area (Å²) in [6.07, 6.45) is 2.49. The van der Waals surface area contributed by atoms with Gasteiger partial charge in [-0.1, -0.05) is 15.9 Å². The quantitative estimate of drug-likeness (QED) is 0.898. The van der Waals surface area contributed by atoms with Crippen molar-refractivity contribution in [2.45, 2.75) is 24.9 Å². The average molecular weight is 300 g/mol. The van der Waals surface area contributed by atoms with E-state index >= 15 is 0 Å². The van der Waals surface area contributed by atoms with Crippen LogP contribution in [-0.2, 0) is 6.42 Å². The van der Waals surface area contributed by atoms with Crippen molar-refractivity contribution in [2.24, 2.45) is 0 Å². The number of piperidine rings is 1. The van der Waals surface area contributed by atoms with Crippen LogP contribution in [0.25, 0.3) is 0 Å². The molecule has 1 saturated heterocycles. The summed E-state index contributed by atoms with van der Waals surface area (Å²) < 4.78 is 6.35. The van der Waals surface area contributed by atoms with E-state index in [1.807, 2.05) is 18.2 Å². The fourth-order valence-electron chi connectivity index (χ4n) is 2.34. The molecule has 3 nitrogen and oxygen atoms in total. The third-order valence-corrected chi connectivity index (χ3v) is 3.70. The monoisotopic (exact) mass is 299 g/mol. The van der Waals surface area contributed by atoms with E-state index < -0.39 is 5.60 Å². The van der Waals surface area contributed by atoms with Crippen molar-refractivity contribution < 1.29 is 9.84 Å².